The monoisotopic (exact) mass is 160 g/mol. The zero-order valence-electron chi connectivity index (χ0n) is 7.26. The van der Waals surface area contributed by atoms with Crippen molar-refractivity contribution in [1.82, 2.24) is 0 Å². The van der Waals surface area contributed by atoms with Gasteiger partial charge in [-0.25, -0.2) is 0 Å². The molecule has 0 rings (SSSR count). The van der Waals surface area contributed by atoms with Crippen molar-refractivity contribution < 1.29 is 0 Å². The van der Waals surface area contributed by atoms with Gasteiger partial charge in [0.15, 0.2) is 0 Å². The zero-order chi connectivity index (χ0) is 8.15. The lowest BCUT2D eigenvalue weighted by molar-refractivity contribution is 0.452. The molecule has 0 aromatic carbocycles. The molecular weight excluding hydrogens is 144 g/mol. The first kappa shape index (κ1) is 10.0. The third-order valence-corrected chi connectivity index (χ3v) is 2.45. The van der Waals surface area contributed by atoms with Gasteiger partial charge in [-0.15, -0.1) is 11.6 Å². The molecule has 3 unspecified atom stereocenters. The van der Waals surface area contributed by atoms with Crippen molar-refractivity contribution in [2.24, 2.45) is 11.8 Å². The summed E-state index contributed by atoms with van der Waals surface area (Å²) in [6, 6.07) is 0. The van der Waals surface area contributed by atoms with Crippen LogP contribution in [0.25, 0.3) is 0 Å². The van der Waals surface area contributed by atoms with E-state index in [0.29, 0.717) is 11.8 Å². The average Bonchev–Trinajstić information content (AvgIpc) is 1.87. The fraction of sp³-hybridized carbons (Fsp3) is 0.778. The molecule has 0 aliphatic heterocycles. The quantitative estimate of drug-likeness (QED) is 0.438. The first-order valence-electron chi connectivity index (χ1n) is 3.86. The van der Waals surface area contributed by atoms with E-state index in [-0.39, 0.29) is 5.38 Å². The van der Waals surface area contributed by atoms with E-state index >= 15 is 0 Å². The lowest BCUT2D eigenvalue weighted by atomic mass is 9.93. The first-order valence-corrected chi connectivity index (χ1v) is 4.30. The fourth-order valence-corrected chi connectivity index (χ4v) is 1.13. The summed E-state index contributed by atoms with van der Waals surface area (Å²) in [5.41, 5.74) is 0. The van der Waals surface area contributed by atoms with Crippen LogP contribution in [0, 0.1) is 11.8 Å². The Morgan fingerprint density at radius 3 is 2.00 bits per heavy atom. The second-order valence-corrected chi connectivity index (χ2v) is 3.61. The molecule has 3 atom stereocenters. The Kier molecular flexibility index (Phi) is 4.80. The zero-order valence-corrected chi connectivity index (χ0v) is 8.02. The minimum absolute atomic E-state index is 0.270. The van der Waals surface area contributed by atoms with Gasteiger partial charge in [0.25, 0.3) is 0 Å². The van der Waals surface area contributed by atoms with Crippen molar-refractivity contribution in [2.45, 2.75) is 33.1 Å². The molecule has 0 amide bonds. The molecule has 0 spiro atoms. The van der Waals surface area contributed by atoms with Gasteiger partial charge in [-0.2, -0.15) is 0 Å². The molecule has 0 heterocycles. The number of alkyl halides is 1. The summed E-state index contributed by atoms with van der Waals surface area (Å²) in [5, 5.41) is 0.270. The van der Waals surface area contributed by atoms with Gasteiger partial charge in [-0.3, -0.25) is 0 Å². The van der Waals surface area contributed by atoms with Crippen LogP contribution >= 0.6 is 11.6 Å². The molecule has 0 bridgehead atoms. The first-order chi connectivity index (χ1) is 4.59. The maximum absolute atomic E-state index is 5.92. The topological polar surface area (TPSA) is 0 Å². The maximum atomic E-state index is 5.92. The van der Waals surface area contributed by atoms with Crippen LogP contribution in [0.4, 0.5) is 0 Å². The van der Waals surface area contributed by atoms with Crippen molar-refractivity contribution in [3.8, 4) is 0 Å². The third-order valence-electron chi connectivity index (χ3n) is 2.05. The van der Waals surface area contributed by atoms with Gasteiger partial charge in [0.2, 0.25) is 0 Å². The minimum Gasteiger partial charge on any atom is -0.123 e. The molecule has 0 aliphatic carbocycles. The Balaban J connectivity index is 3.81. The second kappa shape index (κ2) is 4.79. The van der Waals surface area contributed by atoms with Crippen molar-refractivity contribution in [3.05, 3.63) is 12.2 Å². The molecule has 0 saturated carbocycles. The van der Waals surface area contributed by atoms with E-state index in [9.17, 15) is 0 Å². The number of allylic oxidation sites excluding steroid dienone is 2. The number of hydrogen-bond donors (Lipinski definition) is 0. The Morgan fingerprint density at radius 1 is 1.20 bits per heavy atom. The lowest BCUT2D eigenvalue weighted by Crippen LogP contribution is -2.14. The van der Waals surface area contributed by atoms with Crippen LogP contribution in [0.1, 0.15) is 27.7 Å². The molecule has 1 heteroatoms. The highest BCUT2D eigenvalue weighted by atomic mass is 35.5. The van der Waals surface area contributed by atoms with Crippen LogP contribution < -0.4 is 0 Å². The van der Waals surface area contributed by atoms with E-state index in [0.717, 1.165) is 0 Å². The predicted octanol–water partition coefficient (Wildman–Crippen LogP) is 3.46. The Hall–Kier alpha value is 0.0300. The second-order valence-electron chi connectivity index (χ2n) is 2.92. The van der Waals surface area contributed by atoms with Crippen molar-refractivity contribution in [1.29, 1.82) is 0 Å². The molecule has 0 nitrogen and oxygen atoms in total. The van der Waals surface area contributed by atoms with E-state index in [2.05, 4.69) is 26.0 Å². The van der Waals surface area contributed by atoms with E-state index < -0.39 is 0 Å². The van der Waals surface area contributed by atoms with Gasteiger partial charge in [0.05, 0.1) is 0 Å². The summed E-state index contributed by atoms with van der Waals surface area (Å²) in [6.45, 7) is 8.47. The van der Waals surface area contributed by atoms with Gasteiger partial charge >= 0.3 is 0 Å². The standard InChI is InChI=1S/C9H17Cl/c1-5-6-7(2)8(3)9(4)10/h5-9H,1-4H3. The summed E-state index contributed by atoms with van der Waals surface area (Å²) < 4.78 is 0. The normalized spacial score (nSPS) is 20.9. The summed E-state index contributed by atoms with van der Waals surface area (Å²) in [7, 11) is 0. The number of halogens is 1. The largest absolute Gasteiger partial charge is 0.123 e. The molecule has 0 aromatic rings. The van der Waals surface area contributed by atoms with E-state index in [1.165, 1.54) is 0 Å². The maximum Gasteiger partial charge on any atom is 0.0338 e. The van der Waals surface area contributed by atoms with Crippen LogP contribution in [0.2, 0.25) is 0 Å². The predicted molar refractivity (Wildman–Crippen MR) is 48.5 cm³/mol. The highest BCUT2D eigenvalue weighted by Gasteiger charge is 2.13. The molecule has 10 heavy (non-hydrogen) atoms. The molecule has 0 aromatic heterocycles. The molecule has 0 radical (unpaired) electrons. The van der Waals surface area contributed by atoms with Crippen LogP contribution in [0.3, 0.4) is 0 Å². The Morgan fingerprint density at radius 2 is 1.70 bits per heavy atom. The van der Waals surface area contributed by atoms with Crippen molar-refractivity contribution in [3.63, 3.8) is 0 Å². The van der Waals surface area contributed by atoms with Crippen LogP contribution in [-0.2, 0) is 0 Å². The lowest BCUT2D eigenvalue weighted by Gasteiger charge is -2.18. The van der Waals surface area contributed by atoms with Crippen LogP contribution in [0.15, 0.2) is 12.2 Å². The molecule has 0 aliphatic rings. The summed E-state index contributed by atoms with van der Waals surface area (Å²) in [5.74, 6) is 1.16. The van der Waals surface area contributed by atoms with E-state index in [1.54, 1.807) is 0 Å². The SMILES string of the molecule is CC=CC(C)C(C)C(C)Cl. The fourth-order valence-electron chi connectivity index (χ4n) is 0.897. The highest BCUT2D eigenvalue weighted by Crippen LogP contribution is 2.20. The van der Waals surface area contributed by atoms with Gasteiger partial charge in [-0.1, -0.05) is 26.0 Å². The summed E-state index contributed by atoms with van der Waals surface area (Å²) >= 11 is 5.92. The number of rotatable bonds is 3. The molecule has 60 valence electrons. The smallest absolute Gasteiger partial charge is 0.0338 e. The van der Waals surface area contributed by atoms with Crippen molar-refractivity contribution >= 4 is 11.6 Å². The van der Waals surface area contributed by atoms with E-state index in [4.69, 9.17) is 11.6 Å². The third kappa shape index (κ3) is 3.26. The summed E-state index contributed by atoms with van der Waals surface area (Å²) in [6.07, 6.45) is 4.28. The molecule has 0 N–H and O–H groups in total. The number of hydrogen-bond acceptors (Lipinski definition) is 0. The highest BCUT2D eigenvalue weighted by molar-refractivity contribution is 6.20. The Bertz CT molecular complexity index is 105. The van der Waals surface area contributed by atoms with E-state index in [1.807, 2.05) is 13.8 Å². The van der Waals surface area contributed by atoms with Gasteiger partial charge < -0.3 is 0 Å². The average molecular weight is 161 g/mol. The molecule has 0 saturated heterocycles. The van der Waals surface area contributed by atoms with Crippen molar-refractivity contribution in [2.75, 3.05) is 0 Å². The summed E-state index contributed by atoms with van der Waals surface area (Å²) in [4.78, 5) is 0. The molecule has 0 fully saturated rings. The van der Waals surface area contributed by atoms with Crippen LogP contribution in [0.5, 0.6) is 0 Å². The minimum atomic E-state index is 0.270. The Labute approximate surface area is 69.3 Å². The van der Waals surface area contributed by atoms with Gasteiger partial charge in [-0.05, 0) is 25.7 Å². The van der Waals surface area contributed by atoms with Gasteiger partial charge in [0.1, 0.15) is 0 Å². The van der Waals surface area contributed by atoms with Gasteiger partial charge in [0, 0.05) is 5.38 Å². The van der Waals surface area contributed by atoms with Crippen LogP contribution in [-0.4, -0.2) is 5.38 Å². The molecular formula is C9H17Cl.